The van der Waals surface area contributed by atoms with E-state index in [1.54, 1.807) is 0 Å². The predicted octanol–water partition coefficient (Wildman–Crippen LogP) is 4.98. The van der Waals surface area contributed by atoms with Crippen LogP contribution < -0.4 is 4.90 Å². The number of benzene rings is 1. The van der Waals surface area contributed by atoms with Crippen LogP contribution in [0.5, 0.6) is 0 Å². The topological polar surface area (TPSA) is 3.24 Å². The molecule has 1 aliphatic rings. The van der Waals surface area contributed by atoms with E-state index in [1.807, 2.05) is 13.8 Å². The molecule has 0 saturated carbocycles. The molecule has 102 valence electrons. The Balaban J connectivity index is 0.000000771. The van der Waals surface area contributed by atoms with Crippen LogP contribution in [0.1, 0.15) is 47.0 Å². The number of para-hydroxylation sites is 1. The molecule has 0 aromatic heterocycles. The van der Waals surface area contributed by atoms with Crippen molar-refractivity contribution in [3.05, 3.63) is 30.3 Å². The molecule has 2 rings (SSSR count). The quantitative estimate of drug-likeness (QED) is 0.728. The standard InChI is InChI=1S/C15H23N.C2H6/c1-3-13-10-11-16(12-14(13)4-2)15-8-6-5-7-9-15;1-2/h5-9,13-14H,3-4,10-12H2,1-2H3;1-2H3. The van der Waals surface area contributed by atoms with Crippen molar-refractivity contribution >= 4 is 5.69 Å². The Morgan fingerprint density at radius 3 is 2.17 bits per heavy atom. The zero-order chi connectivity index (χ0) is 13.4. The van der Waals surface area contributed by atoms with Crippen molar-refractivity contribution in [3.8, 4) is 0 Å². The van der Waals surface area contributed by atoms with Crippen LogP contribution >= 0.6 is 0 Å². The third-order valence-corrected chi connectivity index (χ3v) is 4.06. The first-order valence-electron chi connectivity index (χ1n) is 7.65. The van der Waals surface area contributed by atoms with Gasteiger partial charge in [0.1, 0.15) is 0 Å². The molecule has 2 atom stereocenters. The van der Waals surface area contributed by atoms with Crippen LogP contribution in [0.15, 0.2) is 30.3 Å². The van der Waals surface area contributed by atoms with Crippen LogP contribution in [-0.4, -0.2) is 13.1 Å². The fourth-order valence-electron chi connectivity index (χ4n) is 2.95. The molecule has 1 heteroatoms. The molecule has 0 radical (unpaired) electrons. The molecular formula is C17H29N. The fraction of sp³-hybridized carbons (Fsp3) is 0.647. The van der Waals surface area contributed by atoms with E-state index in [2.05, 4.69) is 49.1 Å². The summed E-state index contributed by atoms with van der Waals surface area (Å²) in [6.07, 6.45) is 4.03. The molecule has 0 N–H and O–H groups in total. The smallest absolute Gasteiger partial charge is 0.0366 e. The highest BCUT2D eigenvalue weighted by Gasteiger charge is 2.26. The SMILES string of the molecule is CC.CCC1CCN(c2ccccc2)CC1CC. The summed E-state index contributed by atoms with van der Waals surface area (Å²) in [5.41, 5.74) is 1.40. The van der Waals surface area contributed by atoms with Gasteiger partial charge in [-0.1, -0.05) is 58.7 Å². The Labute approximate surface area is 113 Å². The van der Waals surface area contributed by atoms with Gasteiger partial charge in [0.05, 0.1) is 0 Å². The lowest BCUT2D eigenvalue weighted by atomic mass is 9.82. The third kappa shape index (κ3) is 3.76. The molecule has 18 heavy (non-hydrogen) atoms. The second-order valence-corrected chi connectivity index (χ2v) is 4.91. The molecule has 0 aliphatic carbocycles. The van der Waals surface area contributed by atoms with Crippen molar-refractivity contribution in [1.82, 2.24) is 0 Å². The Hall–Kier alpha value is -0.980. The van der Waals surface area contributed by atoms with Gasteiger partial charge in [-0.25, -0.2) is 0 Å². The zero-order valence-corrected chi connectivity index (χ0v) is 12.5. The second kappa shape index (κ2) is 8.18. The predicted molar refractivity (Wildman–Crippen MR) is 82.2 cm³/mol. The summed E-state index contributed by atoms with van der Waals surface area (Å²) in [5, 5.41) is 0. The summed E-state index contributed by atoms with van der Waals surface area (Å²) in [4.78, 5) is 2.56. The number of hydrogen-bond donors (Lipinski definition) is 0. The van der Waals surface area contributed by atoms with E-state index in [9.17, 15) is 0 Å². The van der Waals surface area contributed by atoms with Gasteiger partial charge in [0.25, 0.3) is 0 Å². The first-order chi connectivity index (χ1) is 8.85. The van der Waals surface area contributed by atoms with Gasteiger partial charge in [-0.15, -0.1) is 0 Å². The van der Waals surface area contributed by atoms with Crippen LogP contribution in [-0.2, 0) is 0 Å². The first kappa shape index (κ1) is 15.1. The fourth-order valence-corrected chi connectivity index (χ4v) is 2.95. The molecule has 1 aromatic rings. The van der Waals surface area contributed by atoms with E-state index in [-0.39, 0.29) is 0 Å². The van der Waals surface area contributed by atoms with Gasteiger partial charge in [0, 0.05) is 18.8 Å². The van der Waals surface area contributed by atoms with Crippen molar-refractivity contribution in [2.45, 2.75) is 47.0 Å². The van der Waals surface area contributed by atoms with Gasteiger partial charge in [0.2, 0.25) is 0 Å². The number of rotatable bonds is 3. The number of piperidine rings is 1. The van der Waals surface area contributed by atoms with Gasteiger partial charge >= 0.3 is 0 Å². The highest BCUT2D eigenvalue weighted by atomic mass is 15.1. The van der Waals surface area contributed by atoms with Gasteiger partial charge in [0.15, 0.2) is 0 Å². The zero-order valence-electron chi connectivity index (χ0n) is 12.5. The Kier molecular flexibility index (Phi) is 6.85. The molecule has 1 saturated heterocycles. The first-order valence-corrected chi connectivity index (χ1v) is 7.65. The minimum atomic E-state index is 0.888. The lowest BCUT2D eigenvalue weighted by molar-refractivity contribution is 0.263. The van der Waals surface area contributed by atoms with E-state index < -0.39 is 0 Å². The highest BCUT2D eigenvalue weighted by molar-refractivity contribution is 5.46. The van der Waals surface area contributed by atoms with E-state index in [4.69, 9.17) is 0 Å². The van der Waals surface area contributed by atoms with Crippen molar-refractivity contribution in [2.24, 2.45) is 11.8 Å². The van der Waals surface area contributed by atoms with Gasteiger partial charge in [-0.2, -0.15) is 0 Å². The lowest BCUT2D eigenvalue weighted by Crippen LogP contribution is -2.40. The molecule has 1 aliphatic heterocycles. The molecular weight excluding hydrogens is 218 g/mol. The summed E-state index contributed by atoms with van der Waals surface area (Å²) in [6.45, 7) is 11.2. The summed E-state index contributed by atoms with van der Waals surface area (Å²) in [6, 6.07) is 10.8. The van der Waals surface area contributed by atoms with E-state index in [0.717, 1.165) is 11.8 Å². The van der Waals surface area contributed by atoms with Gasteiger partial charge < -0.3 is 4.90 Å². The average molecular weight is 247 g/mol. The molecule has 0 spiro atoms. The van der Waals surface area contributed by atoms with Crippen molar-refractivity contribution in [3.63, 3.8) is 0 Å². The summed E-state index contributed by atoms with van der Waals surface area (Å²) >= 11 is 0. The maximum atomic E-state index is 2.56. The van der Waals surface area contributed by atoms with Gasteiger partial charge in [-0.3, -0.25) is 0 Å². The van der Waals surface area contributed by atoms with Crippen LogP contribution in [0.25, 0.3) is 0 Å². The van der Waals surface area contributed by atoms with Crippen molar-refractivity contribution in [1.29, 1.82) is 0 Å². The molecule has 1 fully saturated rings. The van der Waals surface area contributed by atoms with Crippen LogP contribution in [0.3, 0.4) is 0 Å². The molecule has 0 amide bonds. The maximum absolute atomic E-state index is 2.56. The molecule has 2 unspecified atom stereocenters. The maximum Gasteiger partial charge on any atom is 0.0366 e. The van der Waals surface area contributed by atoms with E-state index in [1.165, 1.54) is 38.0 Å². The monoisotopic (exact) mass is 247 g/mol. The van der Waals surface area contributed by atoms with E-state index >= 15 is 0 Å². The van der Waals surface area contributed by atoms with Crippen LogP contribution in [0.4, 0.5) is 5.69 Å². The molecule has 1 aromatic carbocycles. The van der Waals surface area contributed by atoms with Crippen LogP contribution in [0.2, 0.25) is 0 Å². The van der Waals surface area contributed by atoms with Gasteiger partial charge in [-0.05, 0) is 30.4 Å². The third-order valence-electron chi connectivity index (χ3n) is 4.06. The minimum absolute atomic E-state index is 0.888. The normalized spacial score (nSPS) is 23.2. The molecule has 1 heterocycles. The Morgan fingerprint density at radius 2 is 1.61 bits per heavy atom. The summed E-state index contributed by atoms with van der Waals surface area (Å²) in [5.74, 6) is 1.84. The summed E-state index contributed by atoms with van der Waals surface area (Å²) < 4.78 is 0. The number of nitrogens with zero attached hydrogens (tertiary/aromatic N) is 1. The lowest BCUT2D eigenvalue weighted by Gasteiger charge is -2.39. The van der Waals surface area contributed by atoms with Crippen molar-refractivity contribution < 1.29 is 0 Å². The number of anilines is 1. The second-order valence-electron chi connectivity index (χ2n) is 4.91. The largest absolute Gasteiger partial charge is 0.371 e. The summed E-state index contributed by atoms with van der Waals surface area (Å²) in [7, 11) is 0. The Bertz CT molecular complexity index is 307. The minimum Gasteiger partial charge on any atom is -0.371 e. The molecule has 1 nitrogen and oxygen atoms in total. The Morgan fingerprint density at radius 1 is 1.00 bits per heavy atom. The van der Waals surface area contributed by atoms with Crippen molar-refractivity contribution in [2.75, 3.05) is 18.0 Å². The number of hydrogen-bond acceptors (Lipinski definition) is 1. The van der Waals surface area contributed by atoms with E-state index in [0.29, 0.717) is 0 Å². The van der Waals surface area contributed by atoms with Crippen LogP contribution in [0, 0.1) is 11.8 Å². The molecule has 0 bridgehead atoms. The average Bonchev–Trinajstić information content (AvgIpc) is 2.49. The highest BCUT2D eigenvalue weighted by Crippen LogP contribution is 2.31.